The molecule has 0 unspecified atom stereocenters. The molecule has 6 heteroatoms. The van der Waals surface area contributed by atoms with E-state index in [2.05, 4.69) is 4.90 Å². The van der Waals surface area contributed by atoms with Crippen molar-refractivity contribution in [2.75, 3.05) is 19.8 Å². The first-order valence-electron chi connectivity index (χ1n) is 8.69. The van der Waals surface area contributed by atoms with Crippen LogP contribution < -0.4 is 0 Å². The molecule has 0 aromatic carbocycles. The van der Waals surface area contributed by atoms with Crippen molar-refractivity contribution in [2.24, 2.45) is 11.3 Å². The van der Waals surface area contributed by atoms with Crippen LogP contribution >= 0.6 is 0 Å². The maximum Gasteiger partial charge on any atom is 0.323 e. The van der Waals surface area contributed by atoms with Crippen LogP contribution in [0.1, 0.15) is 46.0 Å². The zero-order chi connectivity index (χ0) is 16.6. The molecule has 0 amide bonds. The van der Waals surface area contributed by atoms with Crippen molar-refractivity contribution >= 4 is 17.7 Å². The largest absolute Gasteiger partial charge is 0.465 e. The van der Waals surface area contributed by atoms with Crippen LogP contribution in [-0.4, -0.2) is 54.5 Å². The monoisotopic (exact) mass is 323 g/mol. The fourth-order valence-electron chi connectivity index (χ4n) is 4.63. The third-order valence-corrected chi connectivity index (χ3v) is 5.65. The number of carbonyl (C=O) groups is 3. The summed E-state index contributed by atoms with van der Waals surface area (Å²) >= 11 is 0. The van der Waals surface area contributed by atoms with Gasteiger partial charge in [0.2, 0.25) is 0 Å². The van der Waals surface area contributed by atoms with Gasteiger partial charge in [-0.1, -0.05) is 0 Å². The van der Waals surface area contributed by atoms with E-state index in [1.54, 1.807) is 13.8 Å². The maximum absolute atomic E-state index is 12.7. The van der Waals surface area contributed by atoms with Gasteiger partial charge in [0.05, 0.1) is 19.3 Å². The third-order valence-electron chi connectivity index (χ3n) is 5.65. The second-order valence-electron chi connectivity index (χ2n) is 6.74. The van der Waals surface area contributed by atoms with Gasteiger partial charge >= 0.3 is 11.9 Å². The van der Waals surface area contributed by atoms with Crippen LogP contribution in [0.15, 0.2) is 0 Å². The summed E-state index contributed by atoms with van der Waals surface area (Å²) in [6.07, 6.45) is 3.27. The molecule has 2 heterocycles. The van der Waals surface area contributed by atoms with Gasteiger partial charge in [-0.25, -0.2) is 0 Å². The molecule has 3 atom stereocenters. The second kappa shape index (κ2) is 6.23. The Labute approximate surface area is 136 Å². The number of carbonyl (C=O) groups excluding carboxylic acids is 3. The summed E-state index contributed by atoms with van der Waals surface area (Å²) in [5.74, 6) is -1.11. The highest BCUT2D eigenvalue weighted by Crippen LogP contribution is 2.49. The van der Waals surface area contributed by atoms with Gasteiger partial charge in [-0.2, -0.15) is 0 Å². The number of fused-ring (bicyclic) bond motifs is 3. The van der Waals surface area contributed by atoms with E-state index in [1.165, 1.54) is 0 Å². The number of hydrogen-bond donors (Lipinski definition) is 0. The minimum atomic E-state index is -1.30. The summed E-state index contributed by atoms with van der Waals surface area (Å²) < 4.78 is 10.3. The van der Waals surface area contributed by atoms with Gasteiger partial charge in [0, 0.05) is 12.0 Å². The van der Waals surface area contributed by atoms with Crippen LogP contribution in [0.3, 0.4) is 0 Å². The fraction of sp³-hybridized carbons (Fsp3) is 0.824. The first-order valence-corrected chi connectivity index (χ1v) is 8.69. The van der Waals surface area contributed by atoms with Crippen molar-refractivity contribution in [2.45, 2.75) is 58.0 Å². The molecule has 0 radical (unpaired) electrons. The average Bonchev–Trinajstić information content (AvgIpc) is 3.11. The van der Waals surface area contributed by atoms with E-state index in [0.29, 0.717) is 12.8 Å². The van der Waals surface area contributed by atoms with Crippen LogP contribution in [0.25, 0.3) is 0 Å². The number of esters is 2. The average molecular weight is 323 g/mol. The molecular formula is C17H25NO5. The Bertz CT molecular complexity index is 499. The molecule has 6 nitrogen and oxygen atoms in total. The molecular weight excluding hydrogens is 298 g/mol. The lowest BCUT2D eigenvalue weighted by molar-refractivity contribution is -0.176. The number of ketones is 1. The Kier molecular flexibility index (Phi) is 4.45. The molecule has 0 bridgehead atoms. The predicted molar refractivity (Wildman–Crippen MR) is 81.6 cm³/mol. The minimum absolute atomic E-state index is 0.00908. The SMILES string of the molecule is CCOC(=O)C1(C(=O)OCC)CC[C@H]2[C@H](C1)C(=O)[C@H]1CCCN12. The quantitative estimate of drug-likeness (QED) is 0.574. The van der Waals surface area contributed by atoms with E-state index < -0.39 is 17.4 Å². The van der Waals surface area contributed by atoms with E-state index >= 15 is 0 Å². The second-order valence-corrected chi connectivity index (χ2v) is 6.74. The van der Waals surface area contributed by atoms with E-state index in [-0.39, 0.29) is 43.4 Å². The van der Waals surface area contributed by atoms with Gasteiger partial charge in [-0.05, 0) is 52.5 Å². The first-order chi connectivity index (χ1) is 11.0. The lowest BCUT2D eigenvalue weighted by Crippen LogP contribution is -2.50. The Morgan fingerprint density at radius 3 is 2.43 bits per heavy atom. The molecule has 1 saturated carbocycles. The molecule has 23 heavy (non-hydrogen) atoms. The van der Waals surface area contributed by atoms with E-state index in [1.807, 2.05) is 0 Å². The van der Waals surface area contributed by atoms with Crippen LogP contribution in [0.4, 0.5) is 0 Å². The van der Waals surface area contributed by atoms with Gasteiger partial charge < -0.3 is 9.47 Å². The molecule has 3 rings (SSSR count). The van der Waals surface area contributed by atoms with Gasteiger partial charge in [-0.3, -0.25) is 19.3 Å². The zero-order valence-corrected chi connectivity index (χ0v) is 13.9. The Hall–Kier alpha value is -1.43. The Balaban J connectivity index is 1.87. The van der Waals surface area contributed by atoms with E-state index in [4.69, 9.17) is 9.47 Å². The molecule has 3 aliphatic rings. The highest BCUT2D eigenvalue weighted by atomic mass is 16.6. The standard InChI is InChI=1S/C17H25NO5/c1-3-22-15(20)17(16(21)23-4-2)8-7-12-11(10-17)14(19)13-6-5-9-18(12)13/h11-13H,3-10H2,1-2H3/t11-,12-,13+/m0/s1. The van der Waals surface area contributed by atoms with E-state index in [0.717, 1.165) is 19.4 Å². The molecule has 1 aliphatic carbocycles. The topological polar surface area (TPSA) is 72.9 Å². The normalized spacial score (nSPS) is 32.3. The number of Topliss-reactive ketones (excluding diaryl/α,β-unsaturated/α-hetero) is 1. The maximum atomic E-state index is 12.7. The predicted octanol–water partition coefficient (Wildman–Crippen LogP) is 1.31. The van der Waals surface area contributed by atoms with E-state index in [9.17, 15) is 14.4 Å². The molecule has 3 fully saturated rings. The van der Waals surface area contributed by atoms with Crippen LogP contribution in [-0.2, 0) is 23.9 Å². The van der Waals surface area contributed by atoms with Gasteiger partial charge in [0.15, 0.2) is 11.2 Å². The number of hydrogen-bond acceptors (Lipinski definition) is 6. The number of nitrogens with zero attached hydrogens (tertiary/aromatic N) is 1. The summed E-state index contributed by atoms with van der Waals surface area (Å²) in [6, 6.07) is 0.164. The number of ether oxygens (including phenoxy) is 2. The summed E-state index contributed by atoms with van der Waals surface area (Å²) in [6.45, 7) is 4.83. The van der Waals surface area contributed by atoms with Gasteiger partial charge in [-0.15, -0.1) is 0 Å². The van der Waals surface area contributed by atoms with Crippen molar-refractivity contribution in [3.05, 3.63) is 0 Å². The molecule has 128 valence electrons. The summed E-state index contributed by atoms with van der Waals surface area (Å²) in [5.41, 5.74) is -1.30. The fourth-order valence-corrected chi connectivity index (χ4v) is 4.63. The number of rotatable bonds is 4. The molecule has 0 aromatic rings. The van der Waals surface area contributed by atoms with Crippen molar-refractivity contribution in [3.8, 4) is 0 Å². The lowest BCUT2D eigenvalue weighted by atomic mass is 9.67. The van der Waals surface area contributed by atoms with Crippen molar-refractivity contribution in [1.29, 1.82) is 0 Å². The van der Waals surface area contributed by atoms with Crippen molar-refractivity contribution in [3.63, 3.8) is 0 Å². The highest BCUT2D eigenvalue weighted by Gasteiger charge is 2.60. The summed E-state index contributed by atoms with van der Waals surface area (Å²) in [5, 5.41) is 0. The zero-order valence-electron chi connectivity index (χ0n) is 13.9. The lowest BCUT2D eigenvalue weighted by Gasteiger charge is -2.39. The van der Waals surface area contributed by atoms with Crippen molar-refractivity contribution in [1.82, 2.24) is 4.90 Å². The van der Waals surface area contributed by atoms with Crippen molar-refractivity contribution < 1.29 is 23.9 Å². The molecule has 2 saturated heterocycles. The van der Waals surface area contributed by atoms with Crippen LogP contribution in [0.2, 0.25) is 0 Å². The Morgan fingerprint density at radius 1 is 1.17 bits per heavy atom. The smallest absolute Gasteiger partial charge is 0.323 e. The Morgan fingerprint density at radius 2 is 1.83 bits per heavy atom. The minimum Gasteiger partial charge on any atom is -0.465 e. The first kappa shape index (κ1) is 16.4. The van der Waals surface area contributed by atoms with Crippen LogP contribution in [0, 0.1) is 11.3 Å². The molecule has 0 spiro atoms. The molecule has 0 aromatic heterocycles. The van der Waals surface area contributed by atoms with Gasteiger partial charge in [0.1, 0.15) is 0 Å². The summed E-state index contributed by atoms with van der Waals surface area (Å²) in [7, 11) is 0. The van der Waals surface area contributed by atoms with Crippen LogP contribution in [0.5, 0.6) is 0 Å². The molecule has 0 N–H and O–H groups in total. The third kappa shape index (κ3) is 2.47. The van der Waals surface area contributed by atoms with Gasteiger partial charge in [0.25, 0.3) is 0 Å². The summed E-state index contributed by atoms with van der Waals surface area (Å²) in [4.78, 5) is 40.1. The molecule has 2 aliphatic heterocycles. The highest BCUT2D eigenvalue weighted by molar-refractivity contribution is 6.01.